The van der Waals surface area contributed by atoms with E-state index in [9.17, 15) is 0 Å². The number of ether oxygens (including phenoxy) is 1. The fourth-order valence-electron chi connectivity index (χ4n) is 2.59. The van der Waals surface area contributed by atoms with Crippen LogP contribution in [-0.2, 0) is 0 Å². The molecule has 2 aromatic carbocycles. The van der Waals surface area contributed by atoms with Crippen molar-refractivity contribution in [1.82, 2.24) is 5.32 Å². The fraction of sp³-hybridized carbons (Fsp3) is 0.474. The van der Waals surface area contributed by atoms with Crippen molar-refractivity contribution in [3.63, 3.8) is 0 Å². The second-order valence-corrected chi connectivity index (χ2v) is 6.18. The van der Waals surface area contributed by atoms with Crippen LogP contribution in [-0.4, -0.2) is 13.7 Å². The Balaban J connectivity index is 2.01. The van der Waals surface area contributed by atoms with Crippen LogP contribution in [0.2, 0.25) is 0 Å². The van der Waals surface area contributed by atoms with E-state index in [1.165, 1.54) is 29.2 Å². The molecule has 0 bridgehead atoms. The van der Waals surface area contributed by atoms with Gasteiger partial charge >= 0.3 is 0 Å². The minimum Gasteiger partial charge on any atom is -0.497 e. The molecule has 0 aliphatic carbocycles. The Hall–Kier alpha value is -1.54. The van der Waals surface area contributed by atoms with Gasteiger partial charge in [0.1, 0.15) is 5.75 Å². The molecule has 1 unspecified atom stereocenters. The lowest BCUT2D eigenvalue weighted by Crippen LogP contribution is -2.20. The summed E-state index contributed by atoms with van der Waals surface area (Å²) >= 11 is 0. The van der Waals surface area contributed by atoms with Crippen LogP contribution in [0.25, 0.3) is 10.8 Å². The molecule has 0 radical (unpaired) electrons. The standard InChI is InChI=1S/C19H27NO/c1-14(2)6-5-11-20-15(3)16-7-8-18-13-19(21-4)10-9-17(18)12-16/h7-10,12-15,20H,5-6,11H2,1-4H3. The minimum absolute atomic E-state index is 0.392. The molecule has 114 valence electrons. The van der Waals surface area contributed by atoms with Gasteiger partial charge in [0, 0.05) is 6.04 Å². The molecule has 0 aliphatic rings. The summed E-state index contributed by atoms with van der Waals surface area (Å²) in [6, 6.07) is 13.3. The second kappa shape index (κ2) is 7.46. The molecule has 0 aromatic heterocycles. The highest BCUT2D eigenvalue weighted by atomic mass is 16.5. The highest BCUT2D eigenvalue weighted by Crippen LogP contribution is 2.24. The topological polar surface area (TPSA) is 21.3 Å². The van der Waals surface area contributed by atoms with E-state index in [1.807, 2.05) is 6.07 Å². The van der Waals surface area contributed by atoms with Crippen molar-refractivity contribution in [1.29, 1.82) is 0 Å². The van der Waals surface area contributed by atoms with E-state index in [0.29, 0.717) is 6.04 Å². The molecule has 0 heterocycles. The van der Waals surface area contributed by atoms with Gasteiger partial charge in [0.2, 0.25) is 0 Å². The molecule has 21 heavy (non-hydrogen) atoms. The minimum atomic E-state index is 0.392. The monoisotopic (exact) mass is 285 g/mol. The molecule has 0 spiro atoms. The third-order valence-corrected chi connectivity index (χ3v) is 3.98. The summed E-state index contributed by atoms with van der Waals surface area (Å²) in [5.41, 5.74) is 1.34. The van der Waals surface area contributed by atoms with Gasteiger partial charge in [0.15, 0.2) is 0 Å². The van der Waals surface area contributed by atoms with E-state index < -0.39 is 0 Å². The summed E-state index contributed by atoms with van der Waals surface area (Å²) in [7, 11) is 1.71. The maximum atomic E-state index is 5.27. The van der Waals surface area contributed by atoms with Gasteiger partial charge in [-0.15, -0.1) is 0 Å². The number of hydrogen-bond acceptors (Lipinski definition) is 2. The van der Waals surface area contributed by atoms with E-state index in [2.05, 4.69) is 56.4 Å². The Kier molecular flexibility index (Phi) is 5.63. The van der Waals surface area contributed by atoms with E-state index in [-0.39, 0.29) is 0 Å². The summed E-state index contributed by atoms with van der Waals surface area (Å²) in [5, 5.41) is 6.11. The molecule has 0 aliphatic heterocycles. The van der Waals surface area contributed by atoms with E-state index >= 15 is 0 Å². The molecule has 0 saturated carbocycles. The molecular weight excluding hydrogens is 258 g/mol. The van der Waals surface area contributed by atoms with Crippen LogP contribution in [0.4, 0.5) is 0 Å². The normalized spacial score (nSPS) is 12.8. The van der Waals surface area contributed by atoms with Crippen molar-refractivity contribution in [3.8, 4) is 5.75 Å². The predicted molar refractivity (Wildman–Crippen MR) is 91.0 cm³/mol. The summed E-state index contributed by atoms with van der Waals surface area (Å²) in [4.78, 5) is 0. The lowest BCUT2D eigenvalue weighted by Gasteiger charge is -2.15. The van der Waals surface area contributed by atoms with Crippen LogP contribution in [0.15, 0.2) is 36.4 Å². The molecule has 0 amide bonds. The third kappa shape index (κ3) is 4.47. The number of fused-ring (bicyclic) bond motifs is 1. The maximum Gasteiger partial charge on any atom is 0.119 e. The van der Waals surface area contributed by atoms with Gasteiger partial charge in [-0.3, -0.25) is 0 Å². The van der Waals surface area contributed by atoms with Gasteiger partial charge in [-0.1, -0.05) is 32.0 Å². The lowest BCUT2D eigenvalue weighted by atomic mass is 10.0. The molecule has 2 rings (SSSR count). The number of benzene rings is 2. The Labute approximate surface area is 128 Å². The van der Waals surface area contributed by atoms with Crippen LogP contribution in [0.5, 0.6) is 5.75 Å². The van der Waals surface area contributed by atoms with Crippen molar-refractivity contribution in [2.75, 3.05) is 13.7 Å². The van der Waals surface area contributed by atoms with E-state index in [4.69, 9.17) is 4.74 Å². The van der Waals surface area contributed by atoms with Crippen molar-refractivity contribution in [2.45, 2.75) is 39.7 Å². The van der Waals surface area contributed by atoms with Gasteiger partial charge < -0.3 is 10.1 Å². The van der Waals surface area contributed by atoms with Crippen LogP contribution < -0.4 is 10.1 Å². The van der Waals surface area contributed by atoms with E-state index in [1.54, 1.807) is 7.11 Å². The average Bonchev–Trinajstić information content (AvgIpc) is 2.50. The van der Waals surface area contributed by atoms with Gasteiger partial charge in [0.25, 0.3) is 0 Å². The highest BCUT2D eigenvalue weighted by Gasteiger charge is 2.06. The summed E-state index contributed by atoms with van der Waals surface area (Å²) < 4.78 is 5.27. The molecule has 1 atom stereocenters. The molecule has 0 saturated heterocycles. The van der Waals surface area contributed by atoms with Crippen molar-refractivity contribution < 1.29 is 4.74 Å². The average molecular weight is 285 g/mol. The maximum absolute atomic E-state index is 5.27. The van der Waals surface area contributed by atoms with Crippen molar-refractivity contribution >= 4 is 10.8 Å². The van der Waals surface area contributed by atoms with Crippen molar-refractivity contribution in [3.05, 3.63) is 42.0 Å². The fourth-order valence-corrected chi connectivity index (χ4v) is 2.59. The number of hydrogen-bond donors (Lipinski definition) is 1. The summed E-state index contributed by atoms with van der Waals surface area (Å²) in [5.74, 6) is 1.70. The first-order chi connectivity index (χ1) is 10.1. The first-order valence-corrected chi connectivity index (χ1v) is 7.91. The Bertz CT molecular complexity index is 577. The number of nitrogens with one attached hydrogen (secondary N) is 1. The molecule has 2 heteroatoms. The van der Waals surface area contributed by atoms with Crippen molar-refractivity contribution in [2.24, 2.45) is 5.92 Å². The molecular formula is C19H27NO. The van der Waals surface area contributed by atoms with Crippen LogP contribution in [0.3, 0.4) is 0 Å². The largest absolute Gasteiger partial charge is 0.497 e. The number of rotatable bonds is 7. The second-order valence-electron chi connectivity index (χ2n) is 6.18. The third-order valence-electron chi connectivity index (χ3n) is 3.98. The molecule has 2 nitrogen and oxygen atoms in total. The number of methoxy groups -OCH3 is 1. The quantitative estimate of drug-likeness (QED) is 0.728. The Morgan fingerprint density at radius 2 is 1.71 bits per heavy atom. The zero-order chi connectivity index (χ0) is 15.2. The zero-order valence-electron chi connectivity index (χ0n) is 13.6. The van der Waals surface area contributed by atoms with Gasteiger partial charge in [-0.2, -0.15) is 0 Å². The molecule has 1 N–H and O–H groups in total. The Morgan fingerprint density at radius 1 is 1.00 bits per heavy atom. The first kappa shape index (κ1) is 15.8. The molecule has 0 fully saturated rings. The van der Waals surface area contributed by atoms with Gasteiger partial charge in [-0.25, -0.2) is 0 Å². The van der Waals surface area contributed by atoms with Crippen LogP contribution >= 0.6 is 0 Å². The predicted octanol–water partition coefficient (Wildman–Crippen LogP) is 4.94. The lowest BCUT2D eigenvalue weighted by molar-refractivity contribution is 0.415. The summed E-state index contributed by atoms with van der Waals surface area (Å²) in [6.07, 6.45) is 2.53. The smallest absolute Gasteiger partial charge is 0.119 e. The zero-order valence-corrected chi connectivity index (χ0v) is 13.6. The van der Waals surface area contributed by atoms with Crippen LogP contribution in [0, 0.1) is 5.92 Å². The van der Waals surface area contributed by atoms with Gasteiger partial charge in [-0.05, 0) is 66.8 Å². The first-order valence-electron chi connectivity index (χ1n) is 7.91. The SMILES string of the molecule is COc1ccc2cc(C(C)NCCCC(C)C)ccc2c1. The van der Waals surface area contributed by atoms with Crippen LogP contribution in [0.1, 0.15) is 45.2 Å². The summed E-state index contributed by atoms with van der Waals surface area (Å²) in [6.45, 7) is 7.88. The van der Waals surface area contributed by atoms with Gasteiger partial charge in [0.05, 0.1) is 7.11 Å². The Morgan fingerprint density at radius 3 is 2.43 bits per heavy atom. The highest BCUT2D eigenvalue weighted by molar-refractivity contribution is 5.84. The molecule has 2 aromatic rings. The van der Waals surface area contributed by atoms with E-state index in [0.717, 1.165) is 18.2 Å².